The van der Waals surface area contributed by atoms with Crippen LogP contribution in [0.4, 0.5) is 0 Å². The number of fused-ring (bicyclic) bond motifs is 3. The zero-order valence-corrected chi connectivity index (χ0v) is 13.1. The van der Waals surface area contributed by atoms with Crippen LogP contribution in [0.15, 0.2) is 18.2 Å². The Hall–Kier alpha value is -0.950. The summed E-state index contributed by atoms with van der Waals surface area (Å²) < 4.78 is 0. The number of aromatic nitrogens is 1. The average Bonchev–Trinajstić information content (AvgIpc) is 2.81. The van der Waals surface area contributed by atoms with Crippen LogP contribution in [0.3, 0.4) is 0 Å². The minimum Gasteiger partial charge on any atom is -0.358 e. The van der Waals surface area contributed by atoms with Gasteiger partial charge in [0, 0.05) is 21.6 Å². The van der Waals surface area contributed by atoms with E-state index in [0.717, 1.165) is 10.9 Å². The lowest BCUT2D eigenvalue weighted by Gasteiger charge is -2.22. The molecule has 1 nitrogen and oxygen atoms in total. The van der Waals surface area contributed by atoms with E-state index in [2.05, 4.69) is 24.0 Å². The molecule has 2 aromatic rings. The molecule has 0 saturated carbocycles. The molecular weight excluding hydrogens is 266 g/mol. The van der Waals surface area contributed by atoms with E-state index in [0.29, 0.717) is 0 Å². The molecule has 1 aromatic carbocycles. The average molecular weight is 290 g/mol. The highest BCUT2D eigenvalue weighted by Crippen LogP contribution is 2.34. The van der Waals surface area contributed by atoms with E-state index < -0.39 is 0 Å². The molecule has 1 aliphatic carbocycles. The van der Waals surface area contributed by atoms with Gasteiger partial charge >= 0.3 is 0 Å². The van der Waals surface area contributed by atoms with Crippen molar-refractivity contribution in [3.8, 4) is 0 Å². The fourth-order valence-electron chi connectivity index (χ4n) is 3.58. The largest absolute Gasteiger partial charge is 0.358 e. The maximum atomic E-state index is 6.13. The van der Waals surface area contributed by atoms with Gasteiger partial charge in [-0.2, -0.15) is 0 Å². The maximum absolute atomic E-state index is 6.13. The quantitative estimate of drug-likeness (QED) is 0.660. The van der Waals surface area contributed by atoms with Crippen LogP contribution in [0.2, 0.25) is 5.02 Å². The molecule has 0 saturated heterocycles. The van der Waals surface area contributed by atoms with Crippen LogP contribution in [-0.2, 0) is 12.8 Å². The van der Waals surface area contributed by atoms with Crippen LogP contribution in [0, 0.1) is 5.92 Å². The molecule has 1 heterocycles. The molecule has 1 atom stereocenters. The summed E-state index contributed by atoms with van der Waals surface area (Å²) in [4.78, 5) is 3.62. The topological polar surface area (TPSA) is 15.8 Å². The van der Waals surface area contributed by atoms with Crippen molar-refractivity contribution in [2.24, 2.45) is 5.92 Å². The van der Waals surface area contributed by atoms with Crippen molar-refractivity contribution in [1.82, 2.24) is 4.98 Å². The summed E-state index contributed by atoms with van der Waals surface area (Å²) in [7, 11) is 0. The van der Waals surface area contributed by atoms with Gasteiger partial charge in [-0.15, -0.1) is 0 Å². The minimum absolute atomic E-state index is 0.848. The second-order valence-electron chi connectivity index (χ2n) is 6.23. The Kier molecular flexibility index (Phi) is 4.35. The molecule has 3 rings (SSSR count). The number of rotatable bonds is 5. The van der Waals surface area contributed by atoms with Gasteiger partial charge < -0.3 is 4.98 Å². The van der Waals surface area contributed by atoms with Crippen LogP contribution in [-0.4, -0.2) is 4.98 Å². The number of hydrogen-bond donors (Lipinski definition) is 1. The molecule has 1 aliphatic rings. The molecule has 0 amide bonds. The zero-order chi connectivity index (χ0) is 13.9. The third kappa shape index (κ3) is 2.88. The molecule has 20 heavy (non-hydrogen) atoms. The normalized spacial score (nSPS) is 18.4. The third-order valence-corrected chi connectivity index (χ3v) is 4.95. The monoisotopic (exact) mass is 289 g/mol. The number of unbranched alkanes of at least 4 members (excludes halogenated alkanes) is 3. The van der Waals surface area contributed by atoms with Gasteiger partial charge in [0.1, 0.15) is 0 Å². The first-order chi connectivity index (χ1) is 9.78. The Morgan fingerprint density at radius 2 is 2.15 bits per heavy atom. The number of hydrogen-bond acceptors (Lipinski definition) is 0. The van der Waals surface area contributed by atoms with Crippen LogP contribution in [0.25, 0.3) is 10.9 Å². The Balaban J connectivity index is 1.70. The minimum atomic E-state index is 0.848. The summed E-state index contributed by atoms with van der Waals surface area (Å²) in [6.45, 7) is 2.28. The van der Waals surface area contributed by atoms with Crippen molar-refractivity contribution >= 4 is 22.5 Å². The van der Waals surface area contributed by atoms with Crippen LogP contribution in [0.1, 0.15) is 56.7 Å². The van der Waals surface area contributed by atoms with E-state index in [-0.39, 0.29) is 0 Å². The molecule has 108 valence electrons. The summed E-state index contributed by atoms with van der Waals surface area (Å²) >= 11 is 6.13. The second-order valence-corrected chi connectivity index (χ2v) is 6.67. The van der Waals surface area contributed by atoms with Gasteiger partial charge in [0.2, 0.25) is 0 Å². The van der Waals surface area contributed by atoms with Crippen molar-refractivity contribution in [2.75, 3.05) is 0 Å². The Labute approximate surface area is 126 Å². The first-order valence-corrected chi connectivity index (χ1v) is 8.44. The number of benzene rings is 1. The van der Waals surface area contributed by atoms with Crippen LogP contribution < -0.4 is 0 Å². The predicted molar refractivity (Wildman–Crippen MR) is 87.6 cm³/mol. The van der Waals surface area contributed by atoms with E-state index >= 15 is 0 Å². The van der Waals surface area contributed by atoms with Gasteiger partial charge in [0.05, 0.1) is 0 Å². The number of aryl methyl sites for hydroxylation is 1. The van der Waals surface area contributed by atoms with Crippen molar-refractivity contribution in [1.29, 1.82) is 0 Å². The SMILES string of the molecule is CCCCCCC1CCc2c([nH]c3ccc(Cl)cc23)C1. The standard InChI is InChI=1S/C18H24ClN/c1-2-3-4-5-6-13-7-9-15-16-12-14(19)8-10-17(16)20-18(15)11-13/h8,10,12-13,20H,2-7,9,11H2,1H3. The second kappa shape index (κ2) is 6.22. The summed E-state index contributed by atoms with van der Waals surface area (Å²) in [6.07, 6.45) is 10.7. The maximum Gasteiger partial charge on any atom is 0.0460 e. The van der Waals surface area contributed by atoms with E-state index in [9.17, 15) is 0 Å². The van der Waals surface area contributed by atoms with Gasteiger partial charge in [-0.25, -0.2) is 0 Å². The van der Waals surface area contributed by atoms with Crippen molar-refractivity contribution in [2.45, 2.75) is 58.3 Å². The highest BCUT2D eigenvalue weighted by Gasteiger charge is 2.22. The summed E-state index contributed by atoms with van der Waals surface area (Å²) in [6, 6.07) is 6.22. The molecule has 0 aliphatic heterocycles. The van der Waals surface area contributed by atoms with E-state index in [1.54, 1.807) is 0 Å². The fourth-order valence-corrected chi connectivity index (χ4v) is 3.75. The van der Waals surface area contributed by atoms with Gasteiger partial charge in [-0.3, -0.25) is 0 Å². The first kappa shape index (κ1) is 14.0. The van der Waals surface area contributed by atoms with Crippen molar-refractivity contribution in [3.05, 3.63) is 34.5 Å². The molecule has 0 bridgehead atoms. The predicted octanol–water partition coefficient (Wildman–Crippen LogP) is 5.90. The molecule has 1 aromatic heterocycles. The van der Waals surface area contributed by atoms with E-state index in [4.69, 9.17) is 11.6 Å². The van der Waals surface area contributed by atoms with Gasteiger partial charge in [-0.1, -0.05) is 50.6 Å². The lowest BCUT2D eigenvalue weighted by Crippen LogP contribution is -2.13. The van der Waals surface area contributed by atoms with E-state index in [1.165, 1.54) is 73.5 Å². The fraction of sp³-hybridized carbons (Fsp3) is 0.556. The number of halogens is 1. The number of nitrogens with one attached hydrogen (secondary N) is 1. The number of aromatic amines is 1. The Bertz CT molecular complexity index is 584. The molecule has 0 spiro atoms. The first-order valence-electron chi connectivity index (χ1n) is 8.07. The lowest BCUT2D eigenvalue weighted by atomic mass is 9.84. The smallest absolute Gasteiger partial charge is 0.0460 e. The van der Waals surface area contributed by atoms with Crippen LogP contribution >= 0.6 is 11.6 Å². The van der Waals surface area contributed by atoms with Gasteiger partial charge in [-0.05, 0) is 48.9 Å². The molecule has 1 N–H and O–H groups in total. The molecule has 2 heteroatoms. The van der Waals surface area contributed by atoms with Gasteiger partial charge in [0.15, 0.2) is 0 Å². The number of H-pyrrole nitrogens is 1. The molecule has 0 radical (unpaired) electrons. The summed E-state index contributed by atoms with van der Waals surface area (Å²) in [5, 5.41) is 2.19. The molecular formula is C18H24ClN. The Morgan fingerprint density at radius 1 is 1.25 bits per heavy atom. The summed E-state index contributed by atoms with van der Waals surface area (Å²) in [5.41, 5.74) is 4.24. The zero-order valence-electron chi connectivity index (χ0n) is 12.3. The Morgan fingerprint density at radius 3 is 3.00 bits per heavy atom. The van der Waals surface area contributed by atoms with Gasteiger partial charge in [0.25, 0.3) is 0 Å². The highest BCUT2D eigenvalue weighted by atomic mass is 35.5. The third-order valence-electron chi connectivity index (χ3n) is 4.72. The molecule has 0 fully saturated rings. The summed E-state index contributed by atoms with van der Waals surface area (Å²) in [5.74, 6) is 0.878. The van der Waals surface area contributed by atoms with Crippen LogP contribution in [0.5, 0.6) is 0 Å². The molecule has 1 unspecified atom stereocenters. The van der Waals surface area contributed by atoms with Crippen molar-refractivity contribution in [3.63, 3.8) is 0 Å². The van der Waals surface area contributed by atoms with Crippen molar-refractivity contribution < 1.29 is 0 Å². The van der Waals surface area contributed by atoms with E-state index in [1.807, 2.05) is 6.07 Å². The highest BCUT2D eigenvalue weighted by molar-refractivity contribution is 6.31. The lowest BCUT2D eigenvalue weighted by molar-refractivity contribution is 0.404.